The van der Waals surface area contributed by atoms with Crippen LogP contribution in [0.15, 0.2) is 60.8 Å². The van der Waals surface area contributed by atoms with Crippen LogP contribution in [0, 0.1) is 0 Å². The molecule has 1 aliphatic rings. The summed E-state index contributed by atoms with van der Waals surface area (Å²) in [5.74, 6) is -0.802. The van der Waals surface area contributed by atoms with Crippen LogP contribution in [0.25, 0.3) is 10.9 Å². The Kier molecular flexibility index (Phi) is 5.79. The largest absolute Gasteiger partial charge is 0.361 e. The number of hydrogen-bond acceptors (Lipinski definition) is 3. The molecule has 7 nitrogen and oxygen atoms in total. The molecule has 2 heterocycles. The average molecular weight is 404 g/mol. The number of rotatable bonds is 5. The van der Waals surface area contributed by atoms with E-state index < -0.39 is 11.9 Å². The summed E-state index contributed by atoms with van der Waals surface area (Å²) >= 11 is 0. The number of carbonyl (C=O) groups is 3. The van der Waals surface area contributed by atoms with Gasteiger partial charge in [0.1, 0.15) is 6.04 Å². The fourth-order valence-corrected chi connectivity index (χ4v) is 3.90. The summed E-state index contributed by atoms with van der Waals surface area (Å²) in [6, 6.07) is 16.1. The molecule has 0 aliphatic carbocycles. The Hall–Kier alpha value is -3.61. The summed E-state index contributed by atoms with van der Waals surface area (Å²) in [7, 11) is 0. The number of aromatic amines is 1. The number of hydrazine groups is 1. The van der Waals surface area contributed by atoms with Crippen LogP contribution < -0.4 is 10.9 Å². The zero-order valence-corrected chi connectivity index (χ0v) is 16.6. The standard InChI is InChI=1S/C23H24N4O3/c28-20(14-17-15-24-19-11-5-4-10-18(17)19)25-26-23(30)22(16-8-2-1-3-9-16)27-13-7-6-12-21(27)29/h1-5,8-11,15,22,24H,6-7,12-14H2,(H,25,28)(H,26,30). The Bertz CT molecular complexity index is 1060. The van der Waals surface area contributed by atoms with Gasteiger partial charge in [0, 0.05) is 30.1 Å². The number of likely N-dealkylation sites (tertiary alicyclic amines) is 1. The molecule has 0 spiro atoms. The number of carbonyl (C=O) groups excluding carboxylic acids is 3. The first-order valence-corrected chi connectivity index (χ1v) is 10.1. The van der Waals surface area contributed by atoms with Gasteiger partial charge >= 0.3 is 0 Å². The predicted octanol–water partition coefficient (Wildman–Crippen LogP) is 2.61. The van der Waals surface area contributed by atoms with Crippen LogP contribution in [0.5, 0.6) is 0 Å². The molecule has 154 valence electrons. The Balaban J connectivity index is 1.44. The van der Waals surface area contributed by atoms with Crippen LogP contribution in [0.4, 0.5) is 0 Å². The van der Waals surface area contributed by atoms with Crippen LogP contribution in [-0.4, -0.2) is 34.2 Å². The Labute approximate surface area is 174 Å². The van der Waals surface area contributed by atoms with Gasteiger partial charge in [-0.2, -0.15) is 0 Å². The fourth-order valence-electron chi connectivity index (χ4n) is 3.90. The molecule has 1 aliphatic heterocycles. The second kappa shape index (κ2) is 8.82. The minimum absolute atomic E-state index is 0.0460. The minimum Gasteiger partial charge on any atom is -0.361 e. The summed E-state index contributed by atoms with van der Waals surface area (Å²) < 4.78 is 0. The zero-order chi connectivity index (χ0) is 20.9. The highest BCUT2D eigenvalue weighted by atomic mass is 16.2. The fraction of sp³-hybridized carbons (Fsp3) is 0.261. The van der Waals surface area contributed by atoms with Gasteiger partial charge in [-0.25, -0.2) is 0 Å². The number of para-hydroxylation sites is 1. The molecule has 1 saturated heterocycles. The number of H-pyrrole nitrogens is 1. The van der Waals surface area contributed by atoms with Crippen molar-refractivity contribution in [2.24, 2.45) is 0 Å². The van der Waals surface area contributed by atoms with Crippen LogP contribution in [0.2, 0.25) is 0 Å². The first kappa shape index (κ1) is 19.7. The van der Waals surface area contributed by atoms with Gasteiger partial charge in [-0.3, -0.25) is 25.2 Å². The molecular formula is C23H24N4O3. The average Bonchev–Trinajstić information content (AvgIpc) is 3.17. The number of amides is 3. The van der Waals surface area contributed by atoms with Gasteiger partial charge in [-0.05, 0) is 30.0 Å². The van der Waals surface area contributed by atoms with Crippen LogP contribution in [-0.2, 0) is 20.8 Å². The van der Waals surface area contributed by atoms with Crippen LogP contribution in [0.1, 0.15) is 36.4 Å². The molecule has 2 aromatic carbocycles. The number of fused-ring (bicyclic) bond motifs is 1. The Morgan fingerprint density at radius 1 is 1.00 bits per heavy atom. The van der Waals surface area contributed by atoms with Crippen LogP contribution >= 0.6 is 0 Å². The molecule has 1 fully saturated rings. The topological polar surface area (TPSA) is 94.3 Å². The molecule has 1 atom stereocenters. The lowest BCUT2D eigenvalue weighted by molar-refractivity contribution is -0.143. The van der Waals surface area contributed by atoms with Gasteiger partial charge in [-0.1, -0.05) is 48.5 Å². The Morgan fingerprint density at radius 2 is 1.77 bits per heavy atom. The second-order valence-electron chi connectivity index (χ2n) is 7.43. The third-order valence-corrected chi connectivity index (χ3v) is 5.39. The van der Waals surface area contributed by atoms with Crippen molar-refractivity contribution in [1.82, 2.24) is 20.7 Å². The lowest BCUT2D eigenvalue weighted by atomic mass is 10.0. The maximum atomic E-state index is 13.0. The molecule has 7 heteroatoms. The first-order valence-electron chi connectivity index (χ1n) is 10.1. The van der Waals surface area contributed by atoms with E-state index in [1.165, 1.54) is 0 Å². The van der Waals surface area contributed by atoms with Gasteiger partial charge in [0.2, 0.25) is 11.8 Å². The minimum atomic E-state index is -0.771. The molecule has 3 N–H and O–H groups in total. The van der Waals surface area contributed by atoms with Gasteiger partial charge in [0.25, 0.3) is 5.91 Å². The molecule has 0 bridgehead atoms. The first-order chi connectivity index (χ1) is 14.6. The van der Waals surface area contributed by atoms with Crippen molar-refractivity contribution in [1.29, 1.82) is 0 Å². The zero-order valence-electron chi connectivity index (χ0n) is 16.6. The van der Waals surface area contributed by atoms with E-state index in [4.69, 9.17) is 0 Å². The third kappa shape index (κ3) is 4.20. The highest BCUT2D eigenvalue weighted by Gasteiger charge is 2.32. The van der Waals surface area contributed by atoms with Crippen molar-refractivity contribution in [3.05, 3.63) is 71.9 Å². The lowest BCUT2D eigenvalue weighted by Gasteiger charge is -2.34. The maximum Gasteiger partial charge on any atom is 0.265 e. The van der Waals surface area contributed by atoms with E-state index in [2.05, 4.69) is 15.8 Å². The molecular weight excluding hydrogens is 380 g/mol. The molecule has 30 heavy (non-hydrogen) atoms. The monoisotopic (exact) mass is 404 g/mol. The summed E-state index contributed by atoms with van der Waals surface area (Å²) in [5.41, 5.74) is 7.54. The van der Waals surface area contributed by atoms with E-state index in [0.29, 0.717) is 13.0 Å². The summed E-state index contributed by atoms with van der Waals surface area (Å²) in [5, 5.41) is 0.972. The summed E-state index contributed by atoms with van der Waals surface area (Å²) in [6.45, 7) is 0.523. The van der Waals surface area contributed by atoms with E-state index in [-0.39, 0.29) is 18.2 Å². The number of benzene rings is 2. The Morgan fingerprint density at radius 3 is 2.57 bits per heavy atom. The van der Waals surface area contributed by atoms with E-state index in [9.17, 15) is 14.4 Å². The van der Waals surface area contributed by atoms with E-state index in [0.717, 1.165) is 34.9 Å². The number of hydrogen-bond donors (Lipinski definition) is 3. The van der Waals surface area contributed by atoms with Gasteiger partial charge in [0.05, 0.1) is 6.42 Å². The van der Waals surface area contributed by atoms with Crippen molar-refractivity contribution in [3.63, 3.8) is 0 Å². The SMILES string of the molecule is O=C(Cc1c[nH]c2ccccc12)NNC(=O)C(c1ccccc1)N1CCCCC1=O. The lowest BCUT2D eigenvalue weighted by Crippen LogP contribution is -2.50. The highest BCUT2D eigenvalue weighted by molar-refractivity contribution is 5.92. The van der Waals surface area contributed by atoms with Gasteiger partial charge in [-0.15, -0.1) is 0 Å². The summed E-state index contributed by atoms with van der Waals surface area (Å²) in [4.78, 5) is 42.6. The maximum absolute atomic E-state index is 13.0. The number of piperidine rings is 1. The van der Waals surface area contributed by atoms with Crippen molar-refractivity contribution < 1.29 is 14.4 Å². The highest BCUT2D eigenvalue weighted by Crippen LogP contribution is 2.25. The third-order valence-electron chi connectivity index (χ3n) is 5.39. The van der Waals surface area contributed by atoms with Gasteiger partial charge in [0.15, 0.2) is 0 Å². The quantitative estimate of drug-likeness (QED) is 0.571. The smallest absolute Gasteiger partial charge is 0.265 e. The van der Waals surface area contributed by atoms with Crippen molar-refractivity contribution in [2.45, 2.75) is 31.7 Å². The van der Waals surface area contributed by atoms with E-state index in [1.807, 2.05) is 54.6 Å². The second-order valence-corrected chi connectivity index (χ2v) is 7.43. The van der Waals surface area contributed by atoms with E-state index >= 15 is 0 Å². The predicted molar refractivity (Wildman–Crippen MR) is 113 cm³/mol. The van der Waals surface area contributed by atoms with Gasteiger partial charge < -0.3 is 9.88 Å². The molecule has 0 radical (unpaired) electrons. The molecule has 0 saturated carbocycles. The number of aromatic nitrogens is 1. The van der Waals surface area contributed by atoms with E-state index in [1.54, 1.807) is 11.1 Å². The normalized spacial score (nSPS) is 15.1. The molecule has 1 unspecified atom stereocenters. The number of nitrogens with one attached hydrogen (secondary N) is 3. The molecule has 3 amide bonds. The molecule has 3 aromatic rings. The molecule has 1 aromatic heterocycles. The van der Waals surface area contributed by atoms with Crippen molar-refractivity contribution >= 4 is 28.6 Å². The van der Waals surface area contributed by atoms with Crippen LogP contribution in [0.3, 0.4) is 0 Å². The van der Waals surface area contributed by atoms with Crippen molar-refractivity contribution in [3.8, 4) is 0 Å². The summed E-state index contributed by atoms with van der Waals surface area (Å²) in [6.07, 6.45) is 4.05. The van der Waals surface area contributed by atoms with Crippen molar-refractivity contribution in [2.75, 3.05) is 6.54 Å². The number of nitrogens with zero attached hydrogens (tertiary/aromatic N) is 1. The molecule has 4 rings (SSSR count).